The molecule has 6 aromatic rings. The van der Waals surface area contributed by atoms with Crippen LogP contribution in [0.5, 0.6) is 0 Å². The van der Waals surface area contributed by atoms with Gasteiger partial charge in [-0.15, -0.1) is 0 Å². The monoisotopic (exact) mass is 334 g/mol. The molecule has 0 unspecified atom stereocenters. The Morgan fingerprint density at radius 3 is 1.65 bits per heavy atom. The second-order valence-corrected chi connectivity index (χ2v) is 6.72. The van der Waals surface area contributed by atoms with Crippen molar-refractivity contribution in [2.45, 2.75) is 0 Å². The zero-order valence-electron chi connectivity index (χ0n) is 13.8. The van der Waals surface area contributed by atoms with Gasteiger partial charge in [-0.1, -0.05) is 60.7 Å². The summed E-state index contributed by atoms with van der Waals surface area (Å²) in [5, 5.41) is 7.50. The van der Waals surface area contributed by atoms with Gasteiger partial charge in [0.05, 0.1) is 11.0 Å². The van der Waals surface area contributed by atoms with Gasteiger partial charge in [-0.25, -0.2) is 0 Å². The van der Waals surface area contributed by atoms with E-state index in [1.54, 1.807) is 0 Å². The van der Waals surface area contributed by atoms with Gasteiger partial charge in [-0.05, 0) is 28.3 Å². The van der Waals surface area contributed by atoms with Crippen LogP contribution in [0, 0.1) is 0 Å². The molecule has 0 aliphatic heterocycles. The van der Waals surface area contributed by atoms with Gasteiger partial charge in [0.15, 0.2) is 0 Å². The van der Waals surface area contributed by atoms with Crippen LogP contribution in [0.1, 0.15) is 0 Å². The van der Waals surface area contributed by atoms with Gasteiger partial charge in [0.2, 0.25) is 0 Å². The molecule has 4 aromatic carbocycles. The predicted molar refractivity (Wildman–Crippen MR) is 109 cm³/mol. The number of aromatic amines is 2. The molecule has 0 aliphatic rings. The van der Waals surface area contributed by atoms with Gasteiger partial charge in [0.1, 0.15) is 0 Å². The van der Waals surface area contributed by atoms with E-state index >= 15 is 0 Å². The van der Waals surface area contributed by atoms with E-state index in [0.29, 0.717) is 0 Å². The lowest BCUT2D eigenvalue weighted by Gasteiger charge is -2.10. The summed E-state index contributed by atoms with van der Waals surface area (Å²) in [6, 6.07) is 24.6. The Morgan fingerprint density at radius 2 is 0.962 bits per heavy atom. The van der Waals surface area contributed by atoms with Crippen LogP contribution in [0.25, 0.3) is 54.3 Å². The van der Waals surface area contributed by atoms with Crippen molar-refractivity contribution in [1.29, 1.82) is 0 Å². The molecule has 0 saturated carbocycles. The summed E-state index contributed by atoms with van der Waals surface area (Å²) in [4.78, 5) is 19.4. The van der Waals surface area contributed by atoms with Crippen molar-refractivity contribution in [2.75, 3.05) is 0 Å². The number of nitrogens with one attached hydrogen (secondary N) is 2. The Bertz CT molecular complexity index is 1550. The van der Waals surface area contributed by atoms with Crippen LogP contribution in [-0.2, 0) is 0 Å². The molecule has 3 nitrogen and oxygen atoms in total. The number of hydrogen-bond donors (Lipinski definition) is 2. The summed E-state index contributed by atoms with van der Waals surface area (Å²) in [5.41, 5.74) is 2.89. The third-order valence-corrected chi connectivity index (χ3v) is 5.35. The molecule has 3 heteroatoms. The molecule has 0 spiro atoms. The van der Waals surface area contributed by atoms with E-state index in [2.05, 4.69) is 52.4 Å². The Labute approximate surface area is 147 Å². The van der Waals surface area contributed by atoms with Gasteiger partial charge in [-0.2, -0.15) is 0 Å². The number of hydrogen-bond acceptors (Lipinski definition) is 1. The second kappa shape index (κ2) is 4.73. The third kappa shape index (κ3) is 1.60. The lowest BCUT2D eigenvalue weighted by Crippen LogP contribution is -2.06. The molecule has 26 heavy (non-hydrogen) atoms. The number of aromatic nitrogens is 2. The molecular formula is C23H14N2O. The quantitative estimate of drug-likeness (QED) is 0.356. The van der Waals surface area contributed by atoms with E-state index < -0.39 is 0 Å². The normalized spacial score (nSPS) is 12.0. The molecular weight excluding hydrogens is 320 g/mol. The number of pyridine rings is 1. The lowest BCUT2D eigenvalue weighted by atomic mass is 9.96. The van der Waals surface area contributed by atoms with Crippen LogP contribution < -0.4 is 5.56 Å². The molecule has 0 bridgehead atoms. The molecule has 6 rings (SSSR count). The summed E-state index contributed by atoms with van der Waals surface area (Å²) >= 11 is 0. The zero-order valence-corrected chi connectivity index (χ0v) is 13.8. The van der Waals surface area contributed by atoms with Gasteiger partial charge in [-0.3, -0.25) is 4.79 Å². The molecule has 0 saturated heterocycles. The largest absolute Gasteiger partial charge is 0.353 e. The first-order valence-corrected chi connectivity index (χ1v) is 8.69. The first-order valence-electron chi connectivity index (χ1n) is 8.69. The number of benzene rings is 4. The van der Waals surface area contributed by atoms with Crippen molar-refractivity contribution in [3.8, 4) is 0 Å². The van der Waals surface area contributed by atoms with Crippen LogP contribution in [0.4, 0.5) is 0 Å². The highest BCUT2D eigenvalue weighted by Gasteiger charge is 2.16. The molecule has 122 valence electrons. The maximum absolute atomic E-state index is 12.7. The van der Waals surface area contributed by atoms with E-state index in [1.165, 1.54) is 10.8 Å². The Morgan fingerprint density at radius 1 is 0.500 bits per heavy atom. The highest BCUT2D eigenvalue weighted by molar-refractivity contribution is 6.34. The Kier molecular flexibility index (Phi) is 2.49. The molecule has 2 heterocycles. The van der Waals surface area contributed by atoms with E-state index in [-0.39, 0.29) is 5.56 Å². The number of rotatable bonds is 0. The molecule has 2 N–H and O–H groups in total. The predicted octanol–water partition coefficient (Wildman–Crippen LogP) is 5.47. The number of fused-ring (bicyclic) bond motifs is 10. The maximum atomic E-state index is 12.7. The van der Waals surface area contributed by atoms with Crippen LogP contribution in [0.2, 0.25) is 0 Å². The fourth-order valence-corrected chi connectivity index (χ4v) is 4.27. The fraction of sp³-hybridized carbons (Fsp3) is 0. The lowest BCUT2D eigenvalue weighted by molar-refractivity contribution is 1.35. The minimum absolute atomic E-state index is 0.0525. The van der Waals surface area contributed by atoms with E-state index in [9.17, 15) is 4.79 Å². The van der Waals surface area contributed by atoms with Gasteiger partial charge in [0, 0.05) is 27.1 Å². The zero-order chi connectivity index (χ0) is 17.3. The first kappa shape index (κ1) is 13.7. The highest BCUT2D eigenvalue weighted by Crippen LogP contribution is 2.39. The average molecular weight is 334 g/mol. The second-order valence-electron chi connectivity index (χ2n) is 6.72. The van der Waals surface area contributed by atoms with E-state index in [4.69, 9.17) is 0 Å². The highest BCUT2D eigenvalue weighted by atomic mass is 16.1. The van der Waals surface area contributed by atoms with Crippen molar-refractivity contribution < 1.29 is 0 Å². The van der Waals surface area contributed by atoms with Crippen molar-refractivity contribution in [3.05, 3.63) is 83.2 Å². The molecule has 0 radical (unpaired) electrons. The van der Waals surface area contributed by atoms with Crippen molar-refractivity contribution in [2.24, 2.45) is 0 Å². The van der Waals surface area contributed by atoms with Crippen molar-refractivity contribution in [1.82, 2.24) is 9.97 Å². The SMILES string of the molecule is O=c1[nH]c2c3[nH]c4ccccc4c3c3ccccc3c2c2ccccc12. The van der Waals surface area contributed by atoms with Crippen molar-refractivity contribution >= 4 is 54.3 Å². The Hall–Kier alpha value is -3.59. The van der Waals surface area contributed by atoms with Gasteiger partial charge in [0.25, 0.3) is 5.56 Å². The minimum atomic E-state index is -0.0525. The van der Waals surface area contributed by atoms with E-state index in [0.717, 1.165) is 43.5 Å². The summed E-state index contributed by atoms with van der Waals surface area (Å²) in [6.45, 7) is 0. The van der Waals surface area contributed by atoms with Crippen LogP contribution in [0.3, 0.4) is 0 Å². The Balaban J connectivity index is 2.08. The standard InChI is InChI=1S/C23H14N2O/c26-23-16-10-4-3-9-15(16)19-13-7-1-2-8-14(13)20-17-11-5-6-12-18(17)24-21(20)22(19)25-23/h1-12,24H,(H,25,26). The third-order valence-electron chi connectivity index (χ3n) is 5.35. The van der Waals surface area contributed by atoms with Crippen LogP contribution in [0.15, 0.2) is 77.6 Å². The summed E-state index contributed by atoms with van der Waals surface area (Å²) in [5.74, 6) is 0. The minimum Gasteiger partial charge on any atom is -0.353 e. The van der Waals surface area contributed by atoms with Crippen molar-refractivity contribution in [3.63, 3.8) is 0 Å². The molecule has 0 aliphatic carbocycles. The molecule has 0 amide bonds. The number of H-pyrrole nitrogens is 2. The summed E-state index contributed by atoms with van der Waals surface area (Å²) < 4.78 is 0. The summed E-state index contributed by atoms with van der Waals surface area (Å²) in [6.07, 6.45) is 0. The molecule has 0 atom stereocenters. The molecule has 2 aromatic heterocycles. The van der Waals surface area contributed by atoms with Crippen LogP contribution >= 0.6 is 0 Å². The fourth-order valence-electron chi connectivity index (χ4n) is 4.27. The average Bonchev–Trinajstić information content (AvgIpc) is 3.08. The van der Waals surface area contributed by atoms with E-state index in [1.807, 2.05) is 30.3 Å². The van der Waals surface area contributed by atoms with Gasteiger partial charge < -0.3 is 9.97 Å². The topological polar surface area (TPSA) is 48.6 Å². The van der Waals surface area contributed by atoms with Gasteiger partial charge >= 0.3 is 0 Å². The molecule has 0 fully saturated rings. The number of para-hydroxylation sites is 1. The van der Waals surface area contributed by atoms with Crippen LogP contribution in [-0.4, -0.2) is 9.97 Å². The first-order chi connectivity index (χ1) is 12.8. The summed E-state index contributed by atoms with van der Waals surface area (Å²) in [7, 11) is 0. The maximum Gasteiger partial charge on any atom is 0.256 e. The smallest absolute Gasteiger partial charge is 0.256 e.